The first-order chi connectivity index (χ1) is 7.27. The Kier molecular flexibility index (Phi) is 2.62. The average molecular weight is 203 g/mol. The number of hydrogen-bond donors (Lipinski definition) is 1. The summed E-state index contributed by atoms with van der Waals surface area (Å²) in [6, 6.07) is 10.1. The van der Waals surface area contributed by atoms with E-state index in [4.69, 9.17) is 0 Å². The fourth-order valence-corrected chi connectivity index (χ4v) is 1.27. The molecule has 15 heavy (non-hydrogen) atoms. The largest absolute Gasteiger partial charge is 0.323 e. The van der Waals surface area contributed by atoms with E-state index in [9.17, 15) is 0 Å². The molecule has 0 fully saturated rings. The van der Waals surface area contributed by atoms with Crippen LogP contribution in [0.2, 0.25) is 0 Å². The van der Waals surface area contributed by atoms with Crippen LogP contribution in [-0.2, 0) is 0 Å². The minimum Gasteiger partial charge on any atom is -0.323 e. The van der Waals surface area contributed by atoms with Crippen molar-refractivity contribution in [3.8, 4) is 0 Å². The van der Waals surface area contributed by atoms with Crippen LogP contribution in [0.1, 0.15) is 19.9 Å². The van der Waals surface area contributed by atoms with Crippen molar-refractivity contribution >= 4 is 11.6 Å². The molecule has 1 aromatic carbocycles. The van der Waals surface area contributed by atoms with Crippen molar-refractivity contribution < 1.29 is 0 Å². The molecule has 0 amide bonds. The van der Waals surface area contributed by atoms with Crippen LogP contribution in [0.5, 0.6) is 0 Å². The maximum Gasteiger partial charge on any atom is 0.247 e. The van der Waals surface area contributed by atoms with Gasteiger partial charge in [0.25, 0.3) is 0 Å². The van der Waals surface area contributed by atoms with Gasteiger partial charge in [-0.2, -0.15) is 0 Å². The molecule has 0 unspecified atom stereocenters. The van der Waals surface area contributed by atoms with Crippen LogP contribution < -0.4 is 5.32 Å². The molecule has 0 saturated heterocycles. The zero-order valence-corrected chi connectivity index (χ0v) is 8.75. The van der Waals surface area contributed by atoms with Gasteiger partial charge < -0.3 is 5.32 Å². The third kappa shape index (κ3) is 2.12. The average Bonchev–Trinajstić information content (AvgIpc) is 2.67. The normalized spacial score (nSPS) is 10.6. The second-order valence-corrected chi connectivity index (χ2v) is 3.53. The van der Waals surface area contributed by atoms with E-state index in [-0.39, 0.29) is 6.04 Å². The van der Waals surface area contributed by atoms with Gasteiger partial charge in [-0.1, -0.05) is 23.3 Å². The number of nitrogens with zero attached hydrogens (tertiary/aromatic N) is 4. The lowest BCUT2D eigenvalue weighted by molar-refractivity contribution is 0.520. The van der Waals surface area contributed by atoms with Crippen LogP contribution in [-0.4, -0.2) is 20.2 Å². The molecule has 0 aliphatic carbocycles. The quantitative estimate of drug-likeness (QED) is 0.828. The molecule has 78 valence electrons. The number of nitrogens with one attached hydrogen (secondary N) is 1. The fourth-order valence-electron chi connectivity index (χ4n) is 1.27. The van der Waals surface area contributed by atoms with Gasteiger partial charge in [0, 0.05) is 5.69 Å². The molecule has 0 aliphatic heterocycles. The summed E-state index contributed by atoms with van der Waals surface area (Å²) in [4.78, 5) is 0. The van der Waals surface area contributed by atoms with E-state index >= 15 is 0 Å². The summed E-state index contributed by atoms with van der Waals surface area (Å²) < 4.78 is 1.74. The van der Waals surface area contributed by atoms with Gasteiger partial charge in [-0.3, -0.25) is 0 Å². The number of anilines is 2. The zero-order chi connectivity index (χ0) is 10.7. The van der Waals surface area contributed by atoms with Crippen molar-refractivity contribution in [1.29, 1.82) is 0 Å². The van der Waals surface area contributed by atoms with Gasteiger partial charge in [0.15, 0.2) is 0 Å². The van der Waals surface area contributed by atoms with Gasteiger partial charge in [0.2, 0.25) is 5.95 Å². The molecule has 0 radical (unpaired) electrons. The third-order valence-corrected chi connectivity index (χ3v) is 2.01. The van der Waals surface area contributed by atoms with Crippen molar-refractivity contribution in [2.75, 3.05) is 5.32 Å². The zero-order valence-electron chi connectivity index (χ0n) is 8.75. The van der Waals surface area contributed by atoms with Crippen LogP contribution in [0.15, 0.2) is 30.3 Å². The standard InChI is InChI=1S/C10H13N5/c1-8(2)15-10(12-13-14-15)11-9-6-4-3-5-7-9/h3-8H,1-2H3,(H,11,12,14). The Morgan fingerprint density at radius 2 is 1.93 bits per heavy atom. The van der Waals surface area contributed by atoms with Crippen LogP contribution in [0.4, 0.5) is 11.6 Å². The molecule has 0 atom stereocenters. The van der Waals surface area contributed by atoms with Crippen LogP contribution >= 0.6 is 0 Å². The summed E-state index contributed by atoms with van der Waals surface area (Å²) in [6.45, 7) is 4.07. The summed E-state index contributed by atoms with van der Waals surface area (Å²) in [5.41, 5.74) is 0.981. The number of tetrazole rings is 1. The fraction of sp³-hybridized carbons (Fsp3) is 0.300. The monoisotopic (exact) mass is 203 g/mol. The van der Waals surface area contributed by atoms with E-state index < -0.39 is 0 Å². The molecule has 5 heteroatoms. The molecule has 1 N–H and O–H groups in total. The van der Waals surface area contributed by atoms with Crippen LogP contribution in [0.25, 0.3) is 0 Å². The van der Waals surface area contributed by atoms with Gasteiger partial charge in [0.05, 0.1) is 6.04 Å². The molecule has 5 nitrogen and oxygen atoms in total. The topological polar surface area (TPSA) is 55.6 Å². The summed E-state index contributed by atoms with van der Waals surface area (Å²) in [6.07, 6.45) is 0. The lowest BCUT2D eigenvalue weighted by Gasteiger charge is -2.08. The lowest BCUT2D eigenvalue weighted by Crippen LogP contribution is -2.07. The van der Waals surface area contributed by atoms with Crippen molar-refractivity contribution in [3.05, 3.63) is 30.3 Å². The Morgan fingerprint density at radius 1 is 1.20 bits per heavy atom. The van der Waals surface area contributed by atoms with Gasteiger partial charge in [0.1, 0.15) is 0 Å². The second kappa shape index (κ2) is 4.08. The lowest BCUT2D eigenvalue weighted by atomic mass is 10.3. The minimum atomic E-state index is 0.242. The first-order valence-electron chi connectivity index (χ1n) is 4.87. The van der Waals surface area contributed by atoms with Gasteiger partial charge in [-0.15, -0.1) is 0 Å². The van der Waals surface area contributed by atoms with Crippen LogP contribution in [0, 0.1) is 0 Å². The van der Waals surface area contributed by atoms with E-state index in [0.29, 0.717) is 5.95 Å². The van der Waals surface area contributed by atoms with Gasteiger partial charge in [-0.05, 0) is 36.4 Å². The molecule has 2 rings (SSSR count). The molecular formula is C10H13N5. The Morgan fingerprint density at radius 3 is 2.60 bits per heavy atom. The smallest absolute Gasteiger partial charge is 0.247 e. The highest BCUT2D eigenvalue weighted by Gasteiger charge is 2.08. The van der Waals surface area contributed by atoms with E-state index in [1.165, 1.54) is 0 Å². The first-order valence-corrected chi connectivity index (χ1v) is 4.87. The number of para-hydroxylation sites is 1. The maximum absolute atomic E-state index is 3.92. The molecule has 1 heterocycles. The number of aromatic nitrogens is 4. The Bertz CT molecular complexity index is 420. The molecular weight excluding hydrogens is 190 g/mol. The van der Waals surface area contributed by atoms with Crippen molar-refractivity contribution in [2.24, 2.45) is 0 Å². The van der Waals surface area contributed by atoms with Crippen LogP contribution in [0.3, 0.4) is 0 Å². The number of rotatable bonds is 3. The molecule has 1 aromatic heterocycles. The third-order valence-electron chi connectivity index (χ3n) is 2.01. The molecule has 0 aliphatic rings. The predicted octanol–water partition coefficient (Wildman–Crippen LogP) is 2.00. The summed E-state index contributed by atoms with van der Waals surface area (Å²) >= 11 is 0. The predicted molar refractivity (Wildman–Crippen MR) is 57.9 cm³/mol. The second-order valence-electron chi connectivity index (χ2n) is 3.53. The Hall–Kier alpha value is -1.91. The minimum absolute atomic E-state index is 0.242. The molecule has 0 spiro atoms. The SMILES string of the molecule is CC(C)n1nnnc1Nc1ccccc1. The Labute approximate surface area is 88.1 Å². The van der Waals surface area contributed by atoms with E-state index in [2.05, 4.69) is 20.8 Å². The number of benzene rings is 1. The number of hydrogen-bond acceptors (Lipinski definition) is 4. The Balaban J connectivity index is 2.21. The van der Waals surface area contributed by atoms with Crippen molar-refractivity contribution in [1.82, 2.24) is 20.2 Å². The van der Waals surface area contributed by atoms with Gasteiger partial charge in [-0.25, -0.2) is 4.68 Å². The highest BCUT2D eigenvalue weighted by Crippen LogP contribution is 2.15. The summed E-state index contributed by atoms with van der Waals surface area (Å²) in [5, 5.41) is 14.6. The summed E-state index contributed by atoms with van der Waals surface area (Å²) in [7, 11) is 0. The van der Waals surface area contributed by atoms with E-state index in [0.717, 1.165) is 5.69 Å². The highest BCUT2D eigenvalue weighted by atomic mass is 15.6. The van der Waals surface area contributed by atoms with E-state index in [1.807, 2.05) is 44.2 Å². The van der Waals surface area contributed by atoms with E-state index in [1.54, 1.807) is 4.68 Å². The molecule has 0 bridgehead atoms. The molecule has 0 saturated carbocycles. The first kappa shape index (κ1) is 9.64. The van der Waals surface area contributed by atoms with Gasteiger partial charge >= 0.3 is 0 Å². The molecule has 2 aromatic rings. The highest BCUT2D eigenvalue weighted by molar-refractivity contribution is 5.52. The summed E-state index contributed by atoms with van der Waals surface area (Å²) in [5.74, 6) is 0.663. The maximum atomic E-state index is 3.92. The van der Waals surface area contributed by atoms with Crippen molar-refractivity contribution in [2.45, 2.75) is 19.9 Å². The van der Waals surface area contributed by atoms with Crippen molar-refractivity contribution in [3.63, 3.8) is 0 Å².